The predicted octanol–water partition coefficient (Wildman–Crippen LogP) is 9.74. The summed E-state index contributed by atoms with van der Waals surface area (Å²) in [6, 6.07) is 13.8. The van der Waals surface area contributed by atoms with Crippen LogP contribution in [-0.4, -0.2) is 46.1 Å². The second-order valence-electron chi connectivity index (χ2n) is 15.8. The molecule has 288 valence electrons. The molecule has 0 N–H and O–H groups in total. The smallest absolute Gasteiger partial charge is 0.419 e. The second kappa shape index (κ2) is 12.8. The molecule has 0 spiro atoms. The zero-order valence-corrected chi connectivity index (χ0v) is 32.1. The summed E-state index contributed by atoms with van der Waals surface area (Å²) < 4.78 is 118. The van der Waals surface area contributed by atoms with Gasteiger partial charge in [0.1, 0.15) is 16.8 Å². The molecule has 0 unspecified atom stereocenters. The minimum Gasteiger partial charge on any atom is -0.497 e. The van der Waals surface area contributed by atoms with Gasteiger partial charge in [0.05, 0.1) is 31.0 Å². The topological polar surface area (TPSA) is 83.5 Å². The number of ether oxygens (including phenoxy) is 4. The van der Waals surface area contributed by atoms with Crippen LogP contribution in [0.3, 0.4) is 0 Å². The van der Waals surface area contributed by atoms with Gasteiger partial charge in [-0.25, -0.2) is 14.5 Å². The molecule has 3 aromatic carbocycles. The van der Waals surface area contributed by atoms with Crippen molar-refractivity contribution in [1.82, 2.24) is 0 Å². The normalized spacial score (nSPS) is 23.1. The molecule has 0 bridgehead atoms. The van der Waals surface area contributed by atoms with Crippen molar-refractivity contribution in [3.05, 3.63) is 94.5 Å². The Hall–Kier alpha value is -4.08. The van der Waals surface area contributed by atoms with Crippen molar-refractivity contribution in [2.24, 2.45) is 0 Å². The monoisotopic (exact) mass is 767 g/mol. The highest BCUT2D eigenvalue weighted by atomic mass is 28.4. The summed E-state index contributed by atoms with van der Waals surface area (Å²) in [5.41, 5.74) is -9.54. The lowest BCUT2D eigenvalue weighted by Crippen LogP contribution is -2.86. The van der Waals surface area contributed by atoms with Crippen molar-refractivity contribution in [1.29, 1.82) is 0 Å². The van der Waals surface area contributed by atoms with Crippen LogP contribution in [0, 0.1) is 0 Å². The predicted molar refractivity (Wildman–Crippen MR) is 186 cm³/mol. The Labute approximate surface area is 305 Å². The van der Waals surface area contributed by atoms with Crippen LogP contribution in [0.25, 0.3) is 0 Å². The molecule has 1 saturated heterocycles. The molecule has 53 heavy (non-hydrogen) atoms. The number of fused-ring (bicyclic) bond motifs is 3. The van der Waals surface area contributed by atoms with Gasteiger partial charge in [0.2, 0.25) is 5.60 Å². The first kappa shape index (κ1) is 40.1. The summed E-state index contributed by atoms with van der Waals surface area (Å²) >= 11 is 0. The molecule has 3 aromatic rings. The average molecular weight is 768 g/mol. The van der Waals surface area contributed by atoms with Crippen LogP contribution >= 0.6 is 0 Å². The molecule has 0 radical (unpaired) electrons. The van der Waals surface area contributed by atoms with Gasteiger partial charge < -0.3 is 23.4 Å². The Kier molecular flexibility index (Phi) is 9.66. The maximum absolute atomic E-state index is 14.6. The maximum atomic E-state index is 14.6. The van der Waals surface area contributed by atoms with Crippen LogP contribution in [0.4, 0.5) is 36.8 Å². The molecule has 0 aromatic heterocycles. The molecular formula is C38H43F6NO7Si. The molecule has 1 amide bonds. The van der Waals surface area contributed by atoms with E-state index in [0.717, 1.165) is 12.0 Å². The number of halogens is 6. The first-order valence-corrected chi connectivity index (χ1v) is 19.7. The quantitative estimate of drug-likeness (QED) is 0.135. The standard InChI is InChI=1S/C38H43F6NO7Si/c1-32(2,3)50-31(47)45-29-17-16-27(48-7)21-28(29)34(22-23-14-12-11-13-15-23)35(30(46)49-8,51-38(34,45)52-53(9,10)33(4,5)6)24-18-25(36(39,40)41)20-26(19-24)37(42,43)44/h11-21H,22H2,1-10H3/t34-,35-,38-/m0/s1. The second-order valence-corrected chi connectivity index (χ2v) is 20.5. The Bertz CT molecular complexity index is 1870. The number of nitrogens with zero attached hydrogens (tertiary/aromatic N) is 1. The van der Waals surface area contributed by atoms with E-state index in [-0.39, 0.29) is 29.5 Å². The van der Waals surface area contributed by atoms with Gasteiger partial charge in [-0.1, -0.05) is 51.1 Å². The third-order valence-corrected chi connectivity index (χ3v) is 14.6. The molecule has 3 atom stereocenters. The van der Waals surface area contributed by atoms with Crippen molar-refractivity contribution >= 4 is 26.1 Å². The summed E-state index contributed by atoms with van der Waals surface area (Å²) in [6.45, 7) is 14.2. The molecule has 1 fully saturated rings. The minimum atomic E-state index is -5.28. The number of methoxy groups -OCH3 is 2. The highest BCUT2D eigenvalue weighted by molar-refractivity contribution is 6.74. The van der Waals surface area contributed by atoms with Crippen molar-refractivity contribution in [3.63, 3.8) is 0 Å². The van der Waals surface area contributed by atoms with Crippen LogP contribution in [0.5, 0.6) is 5.75 Å². The zero-order chi connectivity index (χ0) is 39.8. The van der Waals surface area contributed by atoms with E-state index in [1.807, 2.05) is 33.9 Å². The van der Waals surface area contributed by atoms with Gasteiger partial charge in [0.25, 0.3) is 5.91 Å². The van der Waals surface area contributed by atoms with Gasteiger partial charge in [0, 0.05) is 0 Å². The summed E-state index contributed by atoms with van der Waals surface area (Å²) in [6.07, 6.45) is -11.9. The Morgan fingerprint density at radius 2 is 1.38 bits per heavy atom. The summed E-state index contributed by atoms with van der Waals surface area (Å²) in [4.78, 5) is 30.3. The van der Waals surface area contributed by atoms with Crippen molar-refractivity contribution < 1.29 is 59.3 Å². The number of benzene rings is 3. The number of alkyl halides is 6. The summed E-state index contributed by atoms with van der Waals surface area (Å²) in [5.74, 6) is -3.52. The van der Waals surface area contributed by atoms with Gasteiger partial charge in [-0.05, 0) is 98.4 Å². The molecular weight excluding hydrogens is 724 g/mol. The summed E-state index contributed by atoms with van der Waals surface area (Å²) in [5, 5.41) is -0.612. The molecule has 2 heterocycles. The van der Waals surface area contributed by atoms with Gasteiger partial charge in [0.15, 0.2) is 8.32 Å². The molecule has 8 nitrogen and oxygen atoms in total. The van der Waals surface area contributed by atoms with E-state index >= 15 is 0 Å². The first-order chi connectivity index (χ1) is 24.2. The number of hydrogen-bond acceptors (Lipinski definition) is 7. The number of carbonyl (C=O) groups is 2. The van der Waals surface area contributed by atoms with Gasteiger partial charge in [-0.15, -0.1) is 0 Å². The molecule has 5 rings (SSSR count). The van der Waals surface area contributed by atoms with Gasteiger partial charge in [-0.2, -0.15) is 26.3 Å². The lowest BCUT2D eigenvalue weighted by molar-refractivity contribution is -0.407. The maximum Gasteiger partial charge on any atom is 0.419 e. The molecule has 0 saturated carbocycles. The number of hydrogen-bond donors (Lipinski definition) is 0. The van der Waals surface area contributed by atoms with Gasteiger partial charge >= 0.3 is 24.4 Å². The zero-order valence-electron chi connectivity index (χ0n) is 31.1. The number of esters is 1. The number of rotatable bonds is 7. The minimum absolute atomic E-state index is 0.0327. The summed E-state index contributed by atoms with van der Waals surface area (Å²) in [7, 11) is -0.904. The average Bonchev–Trinajstić information content (AvgIpc) is 3.20. The van der Waals surface area contributed by atoms with Crippen LogP contribution in [0.15, 0.2) is 66.7 Å². The highest BCUT2D eigenvalue weighted by Crippen LogP contribution is 2.74. The van der Waals surface area contributed by atoms with Crippen LogP contribution in [0.2, 0.25) is 18.1 Å². The third kappa shape index (κ3) is 6.37. The van der Waals surface area contributed by atoms with E-state index in [1.165, 1.54) is 25.3 Å². The molecule has 15 heteroatoms. The van der Waals surface area contributed by atoms with E-state index in [4.69, 9.17) is 23.4 Å². The lowest BCUT2D eigenvalue weighted by atomic mass is 9.55. The fourth-order valence-corrected chi connectivity index (χ4v) is 8.15. The van der Waals surface area contributed by atoms with Gasteiger partial charge in [-0.3, -0.25) is 0 Å². The molecule has 2 aliphatic rings. The first-order valence-electron chi connectivity index (χ1n) is 16.8. The van der Waals surface area contributed by atoms with E-state index < -0.39 is 77.0 Å². The fraction of sp³-hybridized carbons (Fsp3) is 0.474. The molecule has 0 aliphatic carbocycles. The van der Waals surface area contributed by atoms with E-state index in [9.17, 15) is 35.9 Å². The fourth-order valence-electron chi connectivity index (χ4n) is 6.84. The molecule has 2 aliphatic heterocycles. The lowest BCUT2D eigenvalue weighted by Gasteiger charge is -2.67. The number of carbonyl (C=O) groups excluding carboxylic acids is 2. The number of anilines is 1. The third-order valence-electron chi connectivity index (χ3n) is 10.2. The Morgan fingerprint density at radius 1 is 0.811 bits per heavy atom. The van der Waals surface area contributed by atoms with Crippen LogP contribution in [-0.2, 0) is 53.2 Å². The van der Waals surface area contributed by atoms with Crippen molar-refractivity contribution in [2.45, 2.75) is 101 Å². The Morgan fingerprint density at radius 3 is 1.85 bits per heavy atom. The van der Waals surface area contributed by atoms with Crippen molar-refractivity contribution in [3.8, 4) is 5.75 Å². The van der Waals surface area contributed by atoms with Crippen LogP contribution in [0.1, 0.15) is 69.4 Å². The largest absolute Gasteiger partial charge is 0.497 e. The van der Waals surface area contributed by atoms with Crippen molar-refractivity contribution in [2.75, 3.05) is 19.1 Å². The van der Waals surface area contributed by atoms with E-state index in [0.29, 0.717) is 17.7 Å². The van der Waals surface area contributed by atoms with Crippen LogP contribution < -0.4 is 9.64 Å². The van der Waals surface area contributed by atoms with E-state index in [1.54, 1.807) is 51.1 Å². The number of amides is 1. The van der Waals surface area contributed by atoms with E-state index in [2.05, 4.69) is 0 Å². The SMILES string of the molecule is COC(=O)[C@]1(c2cc(C(F)(F)F)cc(C(F)(F)F)c2)O[C@@]2(O[Si](C)(C)C(C)(C)C)N(C(=O)OC(C)(C)C)c3ccc(OC)cc3[C@]21Cc1ccccc1. The highest BCUT2D eigenvalue weighted by Gasteiger charge is 2.89. The Balaban J connectivity index is 2.04.